The van der Waals surface area contributed by atoms with Crippen LogP contribution in [-0.2, 0) is 38.1 Å². The molecule has 206 valence electrons. The summed E-state index contributed by atoms with van der Waals surface area (Å²) in [6.45, 7) is 5.71. The molecule has 0 amide bonds. The van der Waals surface area contributed by atoms with Gasteiger partial charge in [0.05, 0.1) is 23.0 Å². The first-order chi connectivity index (χ1) is 17.5. The van der Waals surface area contributed by atoms with Crippen molar-refractivity contribution in [3.8, 4) is 0 Å². The molecule has 0 aliphatic rings. The second-order valence-electron chi connectivity index (χ2n) is 9.02. The van der Waals surface area contributed by atoms with E-state index in [2.05, 4.69) is 6.92 Å². The molecule has 0 N–H and O–H groups in total. The highest BCUT2D eigenvalue weighted by molar-refractivity contribution is 7.87. The van der Waals surface area contributed by atoms with E-state index in [-0.39, 0.29) is 35.8 Å². The van der Waals surface area contributed by atoms with Crippen LogP contribution in [0.4, 0.5) is 0 Å². The van der Waals surface area contributed by atoms with Crippen LogP contribution in [0.15, 0.2) is 58.3 Å². The molecule has 0 spiro atoms. The van der Waals surface area contributed by atoms with Gasteiger partial charge in [-0.1, -0.05) is 74.4 Å². The number of hydrogen-bond acceptors (Lipinski definition) is 8. The maximum absolute atomic E-state index is 12.8. The number of rotatable bonds is 17. The SMILES string of the molecule is CCCCCCCCOC(=O)C(CCCOS(=O)(=O)c1ccc(C)cc1)OS(=O)(=O)c1ccc(C)cc1. The van der Waals surface area contributed by atoms with E-state index in [1.807, 2.05) is 13.8 Å². The molecule has 0 aliphatic heterocycles. The van der Waals surface area contributed by atoms with Gasteiger partial charge < -0.3 is 4.74 Å². The zero-order valence-corrected chi connectivity index (χ0v) is 23.5. The summed E-state index contributed by atoms with van der Waals surface area (Å²) < 4.78 is 66.0. The van der Waals surface area contributed by atoms with Crippen molar-refractivity contribution in [1.29, 1.82) is 0 Å². The lowest BCUT2D eigenvalue weighted by atomic mass is 10.1. The van der Waals surface area contributed by atoms with E-state index in [0.29, 0.717) is 6.42 Å². The summed E-state index contributed by atoms with van der Waals surface area (Å²) in [5, 5.41) is 0. The molecule has 1 atom stereocenters. The molecular formula is C27H38O8S2. The third kappa shape index (κ3) is 10.9. The summed E-state index contributed by atoms with van der Waals surface area (Å²) in [6, 6.07) is 12.3. The van der Waals surface area contributed by atoms with Crippen LogP contribution in [-0.4, -0.2) is 42.1 Å². The van der Waals surface area contributed by atoms with Gasteiger partial charge in [-0.15, -0.1) is 0 Å². The number of carbonyl (C=O) groups is 1. The van der Waals surface area contributed by atoms with Gasteiger partial charge >= 0.3 is 5.97 Å². The van der Waals surface area contributed by atoms with Crippen LogP contribution >= 0.6 is 0 Å². The second kappa shape index (κ2) is 15.2. The Labute approximate surface area is 221 Å². The molecule has 37 heavy (non-hydrogen) atoms. The molecule has 0 heterocycles. The third-order valence-corrected chi connectivity index (χ3v) is 8.38. The largest absolute Gasteiger partial charge is 0.464 e. The number of esters is 1. The molecule has 8 nitrogen and oxygen atoms in total. The van der Waals surface area contributed by atoms with Crippen molar-refractivity contribution in [1.82, 2.24) is 0 Å². The molecule has 2 rings (SSSR count). The quantitative estimate of drug-likeness (QED) is 0.144. The topological polar surface area (TPSA) is 113 Å². The van der Waals surface area contributed by atoms with Gasteiger partial charge in [-0.3, -0.25) is 8.37 Å². The maximum Gasteiger partial charge on any atom is 0.336 e. The highest BCUT2D eigenvalue weighted by Gasteiger charge is 2.29. The zero-order chi connectivity index (χ0) is 27.3. The Morgan fingerprint density at radius 1 is 0.703 bits per heavy atom. The predicted octanol–water partition coefficient (Wildman–Crippen LogP) is 5.47. The Morgan fingerprint density at radius 2 is 1.22 bits per heavy atom. The minimum atomic E-state index is -4.24. The van der Waals surface area contributed by atoms with E-state index in [4.69, 9.17) is 13.1 Å². The van der Waals surface area contributed by atoms with Gasteiger partial charge in [0, 0.05) is 0 Å². The van der Waals surface area contributed by atoms with E-state index in [1.165, 1.54) is 24.3 Å². The summed E-state index contributed by atoms with van der Waals surface area (Å²) in [5.41, 5.74) is 1.79. The van der Waals surface area contributed by atoms with Crippen molar-refractivity contribution in [2.45, 2.75) is 88.0 Å². The van der Waals surface area contributed by atoms with Crippen LogP contribution in [0.3, 0.4) is 0 Å². The predicted molar refractivity (Wildman–Crippen MR) is 141 cm³/mol. The van der Waals surface area contributed by atoms with Crippen molar-refractivity contribution < 1.29 is 34.7 Å². The van der Waals surface area contributed by atoms with Crippen LogP contribution in [0.5, 0.6) is 0 Å². The zero-order valence-electron chi connectivity index (χ0n) is 21.8. The van der Waals surface area contributed by atoms with Crippen LogP contribution in [0.2, 0.25) is 0 Å². The summed E-state index contributed by atoms with van der Waals surface area (Å²) in [5.74, 6) is -0.800. The summed E-state index contributed by atoms with van der Waals surface area (Å²) in [4.78, 5) is 12.7. The van der Waals surface area contributed by atoms with Gasteiger partial charge in [0.2, 0.25) is 0 Å². The minimum absolute atomic E-state index is 0.0196. The van der Waals surface area contributed by atoms with Crippen LogP contribution < -0.4 is 0 Å². The van der Waals surface area contributed by atoms with E-state index < -0.39 is 32.3 Å². The molecule has 0 aromatic heterocycles. The number of aryl methyl sites for hydroxylation is 2. The van der Waals surface area contributed by atoms with Crippen LogP contribution in [0.1, 0.15) is 69.4 Å². The number of ether oxygens (including phenoxy) is 1. The molecule has 0 bridgehead atoms. The number of hydrogen-bond donors (Lipinski definition) is 0. The molecule has 1 unspecified atom stereocenters. The highest BCUT2D eigenvalue weighted by Crippen LogP contribution is 2.19. The number of benzene rings is 2. The van der Waals surface area contributed by atoms with Crippen LogP contribution in [0, 0.1) is 13.8 Å². The summed E-state index contributed by atoms with van der Waals surface area (Å²) in [6.07, 6.45) is 4.59. The lowest BCUT2D eigenvalue weighted by molar-refractivity contribution is -0.152. The van der Waals surface area contributed by atoms with Gasteiger partial charge in [-0.2, -0.15) is 16.8 Å². The monoisotopic (exact) mass is 554 g/mol. The molecular weight excluding hydrogens is 516 g/mol. The lowest BCUT2D eigenvalue weighted by Crippen LogP contribution is -2.30. The van der Waals surface area contributed by atoms with Crippen molar-refractivity contribution in [3.63, 3.8) is 0 Å². The Hall–Kier alpha value is -2.27. The van der Waals surface area contributed by atoms with E-state index in [1.54, 1.807) is 24.3 Å². The van der Waals surface area contributed by atoms with Crippen molar-refractivity contribution in [2.24, 2.45) is 0 Å². The number of unbranched alkanes of at least 4 members (excludes halogenated alkanes) is 5. The minimum Gasteiger partial charge on any atom is -0.464 e. The summed E-state index contributed by atoms with van der Waals surface area (Å²) >= 11 is 0. The maximum atomic E-state index is 12.8. The first kappa shape index (κ1) is 31.0. The van der Waals surface area contributed by atoms with Crippen molar-refractivity contribution in [3.05, 3.63) is 59.7 Å². The van der Waals surface area contributed by atoms with Crippen molar-refractivity contribution >= 4 is 26.2 Å². The van der Waals surface area contributed by atoms with Crippen LogP contribution in [0.25, 0.3) is 0 Å². The van der Waals surface area contributed by atoms with Gasteiger partial charge in [0.25, 0.3) is 20.2 Å². The second-order valence-corrected chi connectivity index (χ2v) is 12.2. The van der Waals surface area contributed by atoms with Gasteiger partial charge in [-0.25, -0.2) is 4.79 Å². The molecule has 0 saturated carbocycles. The Kier molecular flexibility index (Phi) is 12.7. The van der Waals surface area contributed by atoms with E-state index in [9.17, 15) is 21.6 Å². The normalized spacial score (nSPS) is 12.8. The summed E-state index contributed by atoms with van der Waals surface area (Å²) in [7, 11) is -8.22. The molecule has 2 aromatic rings. The molecule has 0 radical (unpaired) electrons. The molecule has 2 aromatic carbocycles. The fraction of sp³-hybridized carbons (Fsp3) is 0.519. The first-order valence-corrected chi connectivity index (χ1v) is 15.5. The third-order valence-electron chi connectivity index (χ3n) is 5.72. The Balaban J connectivity index is 1.98. The van der Waals surface area contributed by atoms with Gasteiger partial charge in [0.15, 0.2) is 6.10 Å². The molecule has 0 aliphatic carbocycles. The molecule has 10 heteroatoms. The first-order valence-electron chi connectivity index (χ1n) is 12.7. The average Bonchev–Trinajstić information content (AvgIpc) is 2.85. The van der Waals surface area contributed by atoms with E-state index in [0.717, 1.165) is 43.2 Å². The molecule has 0 saturated heterocycles. The smallest absolute Gasteiger partial charge is 0.336 e. The lowest BCUT2D eigenvalue weighted by Gasteiger charge is -2.17. The average molecular weight is 555 g/mol. The Bertz CT molecular complexity index is 1170. The standard InChI is InChI=1S/C27H38O8S2/c1-4-5-6-7-8-9-20-33-27(28)26(35-37(31,32)25-18-14-23(3)15-19-25)11-10-21-34-36(29,30)24-16-12-22(2)13-17-24/h12-19,26H,4-11,20-21H2,1-3H3. The fourth-order valence-corrected chi connectivity index (χ4v) is 5.48. The molecule has 0 fully saturated rings. The van der Waals surface area contributed by atoms with Gasteiger partial charge in [0.1, 0.15) is 0 Å². The fourth-order valence-electron chi connectivity index (χ4n) is 3.48. The van der Waals surface area contributed by atoms with Crippen molar-refractivity contribution in [2.75, 3.05) is 13.2 Å². The van der Waals surface area contributed by atoms with E-state index >= 15 is 0 Å². The number of carbonyl (C=O) groups excluding carboxylic acids is 1. The Morgan fingerprint density at radius 3 is 1.78 bits per heavy atom. The highest BCUT2D eigenvalue weighted by atomic mass is 32.2. The van der Waals surface area contributed by atoms with Gasteiger partial charge in [-0.05, 0) is 57.4 Å².